The first kappa shape index (κ1) is 45.5. The largest absolute Gasteiger partial charge is 0.210 e. The standard InChI is InChI=1S/C29H37.C15H19.C13H10.2ClH.Zr/c1-16-13-14-25-26-23-12-10-9-11-22(23)15-24(26)27-19(4)17(2)18(3)21(6)29(27,8)28(25,7)20(16)5;1-2-4-14(3-1)15-8-11-5-12(9-15)7-13(6-11)10-15;1-3-7-12(8-4-1)11-13-9-5-2-6-10-13;;;/h9-14,16-18,20-21H,15H2,1-8H3;1-4,11-13H,5-10H2;1-10H;2*1H;/q2*-1;;;;+2/p-2. The summed E-state index contributed by atoms with van der Waals surface area (Å²) < 4.78 is 1.42. The summed E-state index contributed by atoms with van der Waals surface area (Å²) in [5.74, 6) is 8.15. The van der Waals surface area contributed by atoms with Crippen LogP contribution in [0.3, 0.4) is 0 Å². The van der Waals surface area contributed by atoms with Crippen molar-refractivity contribution in [2.24, 2.45) is 58.2 Å². The summed E-state index contributed by atoms with van der Waals surface area (Å²) >= 11 is 1.46. The van der Waals surface area contributed by atoms with Gasteiger partial charge in [-0.2, -0.15) is 34.9 Å². The molecule has 7 atom stereocenters. The van der Waals surface area contributed by atoms with Crippen LogP contribution in [-0.2, 0) is 36.1 Å². The predicted octanol–water partition coefficient (Wildman–Crippen LogP) is 8.36. The summed E-state index contributed by atoms with van der Waals surface area (Å²) in [5.41, 5.74) is 14.9. The van der Waals surface area contributed by atoms with Gasteiger partial charge in [0.1, 0.15) is 0 Å². The molecular weight excluding hydrogens is 847 g/mol. The van der Waals surface area contributed by atoms with Crippen molar-refractivity contribution in [3.63, 3.8) is 0 Å². The van der Waals surface area contributed by atoms with E-state index in [1.54, 1.807) is 53.0 Å². The second-order valence-corrected chi connectivity index (χ2v) is 21.7. The fraction of sp³-hybridized carbons (Fsp3) is 0.456. The minimum atomic E-state index is 0. The van der Waals surface area contributed by atoms with E-state index in [-0.39, 0.29) is 35.6 Å². The Bertz CT molecular complexity index is 2170. The smallest absolute Gasteiger partial charge is 0.0411 e. The Balaban J connectivity index is 0.000000148. The Morgan fingerprint density at radius 3 is 1.80 bits per heavy atom. The van der Waals surface area contributed by atoms with Crippen molar-refractivity contribution in [2.75, 3.05) is 0 Å². The van der Waals surface area contributed by atoms with Gasteiger partial charge in [0, 0.05) is 5.41 Å². The SMILES string of the molecule is C[C-]1C2=C3Cc4ccccc4C3=C3C=CC(C)C(C)C3(C)C2(C)C(C)C(C)C1C.[Cl-].[Cl-].[Zr+2]=[C](c1ccccc1)c1ccccc1.c1cc(C23CC4CC(CC(C4)C2)C3)c[cH-]1. The molecule has 0 radical (unpaired) electrons. The molecule has 0 aromatic heterocycles. The first-order valence-corrected chi connectivity index (χ1v) is 24.1. The van der Waals surface area contributed by atoms with Crippen LogP contribution in [0.1, 0.15) is 122 Å². The van der Waals surface area contributed by atoms with Crippen molar-refractivity contribution < 1.29 is 49.0 Å². The maximum absolute atomic E-state index is 2.63. The molecule has 0 amide bonds. The monoisotopic (exact) mass is 910 g/mol. The van der Waals surface area contributed by atoms with Crippen LogP contribution in [0.15, 0.2) is 138 Å². The van der Waals surface area contributed by atoms with E-state index >= 15 is 0 Å². The molecule has 7 unspecified atom stereocenters. The van der Waals surface area contributed by atoms with Gasteiger partial charge in [0.25, 0.3) is 0 Å². The average molecular weight is 913 g/mol. The second kappa shape index (κ2) is 17.5. The summed E-state index contributed by atoms with van der Waals surface area (Å²) in [6, 6.07) is 39.5. The topological polar surface area (TPSA) is 0 Å². The molecule has 5 fully saturated rings. The molecule has 5 saturated carbocycles. The second-order valence-electron chi connectivity index (χ2n) is 20.5. The van der Waals surface area contributed by atoms with Crippen molar-refractivity contribution in [3.05, 3.63) is 172 Å². The molecule has 60 heavy (non-hydrogen) atoms. The van der Waals surface area contributed by atoms with Gasteiger partial charge in [-0.1, -0.05) is 139 Å². The van der Waals surface area contributed by atoms with E-state index in [9.17, 15) is 0 Å². The van der Waals surface area contributed by atoms with Gasteiger partial charge in [-0.05, 0) is 71.7 Å². The van der Waals surface area contributed by atoms with Crippen LogP contribution in [0.25, 0.3) is 5.57 Å². The number of allylic oxidation sites excluding steroid dienone is 6. The summed E-state index contributed by atoms with van der Waals surface area (Å²) in [7, 11) is 0. The van der Waals surface area contributed by atoms with Crippen LogP contribution in [0.5, 0.6) is 0 Å². The quantitative estimate of drug-likeness (QED) is 0.182. The van der Waals surface area contributed by atoms with Gasteiger partial charge in [-0.25, -0.2) is 12.0 Å². The zero-order chi connectivity index (χ0) is 40.6. The number of rotatable bonds is 3. The van der Waals surface area contributed by atoms with Gasteiger partial charge >= 0.3 is 99.2 Å². The number of fused-ring (bicyclic) bond motifs is 6. The predicted molar refractivity (Wildman–Crippen MR) is 242 cm³/mol. The van der Waals surface area contributed by atoms with Gasteiger partial charge in [0.05, 0.1) is 0 Å². The summed E-state index contributed by atoms with van der Waals surface area (Å²) in [6.07, 6.45) is 15.3. The average Bonchev–Trinajstić information content (AvgIpc) is 3.92. The van der Waals surface area contributed by atoms with E-state index < -0.39 is 0 Å². The van der Waals surface area contributed by atoms with Crippen molar-refractivity contribution in [2.45, 2.75) is 106 Å². The Morgan fingerprint density at radius 2 is 1.25 bits per heavy atom. The molecule has 4 aromatic carbocycles. The van der Waals surface area contributed by atoms with E-state index in [4.69, 9.17) is 0 Å². The van der Waals surface area contributed by atoms with Gasteiger partial charge < -0.3 is 24.8 Å². The van der Waals surface area contributed by atoms with Crippen molar-refractivity contribution in [1.82, 2.24) is 0 Å². The normalized spacial score (nSPS) is 35.0. The molecule has 0 aliphatic heterocycles. The van der Waals surface area contributed by atoms with Crippen LogP contribution < -0.4 is 24.8 Å². The van der Waals surface area contributed by atoms with Gasteiger partial charge in [0.2, 0.25) is 0 Å². The molecule has 0 heterocycles. The first-order chi connectivity index (χ1) is 27.9. The van der Waals surface area contributed by atoms with Crippen LogP contribution in [0, 0.1) is 64.1 Å². The Hall–Kier alpha value is -2.57. The Kier molecular flexibility index (Phi) is 13.3. The van der Waals surface area contributed by atoms with Crippen LogP contribution in [0.2, 0.25) is 0 Å². The molecule has 4 bridgehead atoms. The molecule has 314 valence electrons. The maximum Gasteiger partial charge on any atom is -0.0411 e. The number of halogens is 2. The van der Waals surface area contributed by atoms with Crippen molar-refractivity contribution in [1.29, 1.82) is 0 Å². The molecule has 8 aliphatic carbocycles. The van der Waals surface area contributed by atoms with Gasteiger partial charge in [0.15, 0.2) is 0 Å². The number of benzene rings is 3. The Morgan fingerprint density at radius 1 is 0.700 bits per heavy atom. The van der Waals surface area contributed by atoms with E-state index in [0.29, 0.717) is 35.0 Å². The molecule has 8 aliphatic rings. The third kappa shape index (κ3) is 7.26. The van der Waals surface area contributed by atoms with E-state index in [0.717, 1.165) is 24.2 Å². The first-order valence-electron chi connectivity index (χ1n) is 22.9. The van der Waals surface area contributed by atoms with Crippen LogP contribution >= 0.6 is 0 Å². The molecule has 3 heteroatoms. The van der Waals surface area contributed by atoms with Gasteiger partial charge in [-0.15, -0.1) is 6.92 Å². The molecule has 0 saturated heterocycles. The van der Waals surface area contributed by atoms with Crippen LogP contribution in [-0.4, -0.2) is 3.21 Å². The van der Waals surface area contributed by atoms with E-state index in [2.05, 4.69) is 177 Å². The fourth-order valence-electron chi connectivity index (χ4n) is 14.4. The van der Waals surface area contributed by atoms with Crippen molar-refractivity contribution >= 4 is 8.78 Å². The van der Waals surface area contributed by atoms with Crippen molar-refractivity contribution in [3.8, 4) is 0 Å². The molecular formula is C57H66Cl2Zr-2. The third-order valence-electron chi connectivity index (χ3n) is 18.0. The third-order valence-corrected chi connectivity index (χ3v) is 19.4. The van der Waals surface area contributed by atoms with E-state index in [1.807, 2.05) is 0 Å². The molecule has 4 aromatic rings. The molecule has 0 nitrogen and oxygen atoms in total. The summed E-state index contributed by atoms with van der Waals surface area (Å²) in [5, 5.41) is 0. The Labute approximate surface area is 390 Å². The molecule has 0 spiro atoms. The van der Waals surface area contributed by atoms with Gasteiger partial charge in [-0.3, -0.25) is 0 Å². The molecule has 0 N–H and O–H groups in total. The van der Waals surface area contributed by atoms with E-state index in [1.165, 1.54) is 69.0 Å². The maximum atomic E-state index is 2.63. The van der Waals surface area contributed by atoms with Crippen LogP contribution in [0.4, 0.5) is 0 Å². The zero-order valence-corrected chi connectivity index (χ0v) is 41.3. The summed E-state index contributed by atoms with van der Waals surface area (Å²) in [6.45, 7) is 20.2. The minimum absolute atomic E-state index is 0. The fourth-order valence-corrected chi connectivity index (χ4v) is 15.2. The minimum Gasteiger partial charge on any atom is -0.210 e. The number of hydrogen-bond acceptors (Lipinski definition) is 0. The zero-order valence-electron chi connectivity index (χ0n) is 37.4. The molecule has 12 rings (SSSR count). The summed E-state index contributed by atoms with van der Waals surface area (Å²) in [4.78, 5) is 0. The number of hydrogen-bond donors (Lipinski definition) is 0.